The molecule has 1 N–H and O–H groups in total. The Kier molecular flexibility index (Phi) is 10.1. The fourth-order valence-electron chi connectivity index (χ4n) is 7.00. The fourth-order valence-corrected chi connectivity index (χ4v) is 7.91. The number of benzene rings is 1. The van der Waals surface area contributed by atoms with Gasteiger partial charge in [-0.15, -0.1) is 0 Å². The average molecular weight is 631 g/mol. The van der Waals surface area contributed by atoms with Crippen molar-refractivity contribution in [1.29, 1.82) is 0 Å². The van der Waals surface area contributed by atoms with Crippen LogP contribution in [0.3, 0.4) is 0 Å². The van der Waals surface area contributed by atoms with Gasteiger partial charge in [-0.3, -0.25) is 4.79 Å². The smallest absolute Gasteiger partial charge is 0.257 e. The van der Waals surface area contributed by atoms with Gasteiger partial charge in [0.2, 0.25) is 10.0 Å². The van der Waals surface area contributed by atoms with E-state index in [9.17, 15) is 17.6 Å². The van der Waals surface area contributed by atoms with Crippen molar-refractivity contribution in [3.8, 4) is 11.5 Å². The first-order valence-electron chi connectivity index (χ1n) is 16.1. The Morgan fingerprint density at radius 1 is 1.14 bits per heavy atom. The second-order valence-electron chi connectivity index (χ2n) is 13.0. The third kappa shape index (κ3) is 7.51. The summed E-state index contributed by atoms with van der Waals surface area (Å²) in [5, 5.41) is 0. The van der Waals surface area contributed by atoms with E-state index in [4.69, 9.17) is 4.74 Å². The van der Waals surface area contributed by atoms with Gasteiger partial charge in [-0.25, -0.2) is 27.5 Å². The lowest BCUT2D eigenvalue weighted by Gasteiger charge is -2.54. The molecule has 2 aliphatic heterocycles. The topological polar surface area (TPSA) is 108 Å². The molecular formula is C32H47FN6O4S. The second-order valence-corrected chi connectivity index (χ2v) is 15.1. The number of aromatic nitrogens is 2. The van der Waals surface area contributed by atoms with Gasteiger partial charge in [0, 0.05) is 43.7 Å². The molecule has 12 heteroatoms. The molecule has 2 aromatic rings. The third-order valence-electron chi connectivity index (χ3n) is 9.63. The highest BCUT2D eigenvalue weighted by atomic mass is 32.2. The van der Waals surface area contributed by atoms with Gasteiger partial charge in [-0.2, -0.15) is 0 Å². The minimum atomic E-state index is -3.14. The van der Waals surface area contributed by atoms with Gasteiger partial charge in [0.05, 0.1) is 17.5 Å². The molecule has 1 aromatic heterocycles. The number of carbonyl (C=O) groups excluding carboxylic acids is 1. The number of rotatable bonds is 11. The Hall–Kier alpha value is -2.83. The zero-order chi connectivity index (χ0) is 31.5. The molecule has 44 heavy (non-hydrogen) atoms. The monoisotopic (exact) mass is 630 g/mol. The van der Waals surface area contributed by atoms with E-state index in [0.29, 0.717) is 24.0 Å². The van der Waals surface area contributed by atoms with E-state index >= 15 is 0 Å². The quantitative estimate of drug-likeness (QED) is 0.382. The van der Waals surface area contributed by atoms with Crippen LogP contribution in [0.2, 0.25) is 0 Å². The molecule has 5 rings (SSSR count). The largest absolute Gasteiger partial charge is 0.451 e. The van der Waals surface area contributed by atoms with Gasteiger partial charge in [0.15, 0.2) is 11.6 Å². The highest BCUT2D eigenvalue weighted by Crippen LogP contribution is 2.45. The lowest BCUT2D eigenvalue weighted by atomic mass is 9.71. The van der Waals surface area contributed by atoms with Crippen LogP contribution in [0.25, 0.3) is 0 Å². The predicted octanol–water partition coefficient (Wildman–Crippen LogP) is 4.68. The number of carbonyl (C=O) groups is 1. The number of hydrogen-bond donors (Lipinski definition) is 1. The van der Waals surface area contributed by atoms with Crippen molar-refractivity contribution in [2.75, 3.05) is 49.9 Å². The highest BCUT2D eigenvalue weighted by Gasteiger charge is 2.46. The van der Waals surface area contributed by atoms with Crippen molar-refractivity contribution in [2.24, 2.45) is 11.3 Å². The zero-order valence-corrected chi connectivity index (χ0v) is 27.3. The lowest BCUT2D eigenvalue weighted by Crippen LogP contribution is -2.61. The van der Waals surface area contributed by atoms with Crippen molar-refractivity contribution in [3.05, 3.63) is 42.1 Å². The summed E-state index contributed by atoms with van der Waals surface area (Å²) in [5.41, 5.74) is 0.420. The highest BCUT2D eigenvalue weighted by molar-refractivity contribution is 7.89. The third-order valence-corrected chi connectivity index (χ3v) is 11.1. The lowest BCUT2D eigenvalue weighted by molar-refractivity contribution is 0.0618. The molecular weight excluding hydrogens is 583 g/mol. The fraction of sp³-hybridized carbons (Fsp3) is 0.656. The standard InChI is InChI=1S/C32H47FN6O4S/c1-5-39(23(3)4)31(40)27-17-25(33)9-12-28(27)43-29-18-34-22-35-30(29)38-20-32(21-38)13-15-37(16-14-32)19-24-7-10-26(11-8-24)36-44(41,42)6-2/h9,12,17-18,22-24,26,36H,5-8,10-11,13-16,19-21H2,1-4H3/t24-,26-. The van der Waals surface area contributed by atoms with E-state index in [2.05, 4.69) is 24.5 Å². The number of piperidine rings is 1. The number of hydrogen-bond acceptors (Lipinski definition) is 8. The van der Waals surface area contributed by atoms with E-state index in [1.807, 2.05) is 20.8 Å². The minimum absolute atomic E-state index is 0.0352. The summed E-state index contributed by atoms with van der Waals surface area (Å²) in [6.45, 7) is 12.9. The summed E-state index contributed by atoms with van der Waals surface area (Å²) in [7, 11) is -3.14. The van der Waals surface area contributed by atoms with E-state index < -0.39 is 15.8 Å². The molecule has 3 aliphatic rings. The molecule has 1 amide bonds. The Labute approximate surface area is 261 Å². The number of halogens is 1. The van der Waals surface area contributed by atoms with Crippen LogP contribution in [0.4, 0.5) is 10.2 Å². The summed E-state index contributed by atoms with van der Waals surface area (Å²) in [5.74, 6) is 1.41. The van der Waals surface area contributed by atoms with Gasteiger partial charge < -0.3 is 19.4 Å². The molecule has 1 aliphatic carbocycles. The van der Waals surface area contributed by atoms with Crippen molar-refractivity contribution >= 4 is 21.7 Å². The summed E-state index contributed by atoms with van der Waals surface area (Å²) in [4.78, 5) is 28.5. The molecule has 10 nitrogen and oxygen atoms in total. The summed E-state index contributed by atoms with van der Waals surface area (Å²) >= 11 is 0. The van der Waals surface area contributed by atoms with E-state index in [1.165, 1.54) is 24.5 Å². The summed E-state index contributed by atoms with van der Waals surface area (Å²) < 4.78 is 47.2. The van der Waals surface area contributed by atoms with Gasteiger partial charge in [-0.05, 0) is 103 Å². The van der Waals surface area contributed by atoms with Gasteiger partial charge in [-0.1, -0.05) is 0 Å². The van der Waals surface area contributed by atoms with E-state index in [0.717, 1.165) is 71.2 Å². The molecule has 0 radical (unpaired) electrons. The molecule has 0 bridgehead atoms. The summed E-state index contributed by atoms with van der Waals surface area (Å²) in [6.07, 6.45) is 9.33. The van der Waals surface area contributed by atoms with E-state index in [1.54, 1.807) is 18.0 Å². The normalized spacial score (nSPS) is 22.2. The van der Waals surface area contributed by atoms with Crippen LogP contribution < -0.4 is 14.4 Å². The van der Waals surface area contributed by atoms with Crippen molar-refractivity contribution in [1.82, 2.24) is 24.5 Å². The number of likely N-dealkylation sites (tertiary alicyclic amines) is 1. The van der Waals surface area contributed by atoms with Crippen LogP contribution in [0, 0.1) is 17.2 Å². The predicted molar refractivity (Wildman–Crippen MR) is 169 cm³/mol. The first-order valence-corrected chi connectivity index (χ1v) is 17.7. The van der Waals surface area contributed by atoms with Crippen molar-refractivity contribution in [2.45, 2.75) is 78.3 Å². The molecule has 3 fully saturated rings. The Morgan fingerprint density at radius 2 is 1.84 bits per heavy atom. The summed E-state index contributed by atoms with van der Waals surface area (Å²) in [6, 6.07) is 4.08. The van der Waals surface area contributed by atoms with Gasteiger partial charge >= 0.3 is 0 Å². The van der Waals surface area contributed by atoms with Gasteiger partial charge in [0.1, 0.15) is 17.9 Å². The molecule has 242 valence electrons. The number of amides is 1. The Morgan fingerprint density at radius 3 is 2.48 bits per heavy atom. The second kappa shape index (κ2) is 13.7. The maximum atomic E-state index is 14.2. The van der Waals surface area contributed by atoms with Crippen LogP contribution in [0.1, 0.15) is 76.6 Å². The Bertz CT molecular complexity index is 1400. The molecule has 1 aromatic carbocycles. The van der Waals surface area contributed by atoms with Crippen LogP contribution in [0.15, 0.2) is 30.7 Å². The van der Waals surface area contributed by atoms with Crippen molar-refractivity contribution in [3.63, 3.8) is 0 Å². The van der Waals surface area contributed by atoms with Crippen LogP contribution in [0.5, 0.6) is 11.5 Å². The van der Waals surface area contributed by atoms with Crippen LogP contribution in [-0.4, -0.2) is 91.2 Å². The Balaban J connectivity index is 1.16. The number of nitrogens with zero attached hydrogens (tertiary/aromatic N) is 5. The SMILES string of the molecule is CCN(C(=O)c1cc(F)ccc1Oc1cncnc1N1CC2(CCN(C[C@H]3CC[C@H](NS(=O)(=O)CC)CC3)CC2)C1)C(C)C. The molecule has 1 saturated carbocycles. The number of ether oxygens (including phenoxy) is 1. The first kappa shape index (κ1) is 32.6. The van der Waals surface area contributed by atoms with Gasteiger partial charge in [0.25, 0.3) is 5.91 Å². The average Bonchev–Trinajstić information content (AvgIpc) is 2.99. The molecule has 0 atom stereocenters. The minimum Gasteiger partial charge on any atom is -0.451 e. The van der Waals surface area contributed by atoms with E-state index in [-0.39, 0.29) is 40.5 Å². The molecule has 3 heterocycles. The maximum absolute atomic E-state index is 14.2. The first-order chi connectivity index (χ1) is 21.0. The van der Waals surface area contributed by atoms with Crippen LogP contribution in [-0.2, 0) is 10.0 Å². The number of nitrogens with one attached hydrogen (secondary N) is 1. The van der Waals surface area contributed by atoms with Crippen molar-refractivity contribution < 1.29 is 22.3 Å². The van der Waals surface area contributed by atoms with Crippen LogP contribution >= 0.6 is 0 Å². The molecule has 0 unspecified atom stereocenters. The number of sulfonamides is 1. The zero-order valence-electron chi connectivity index (χ0n) is 26.5. The maximum Gasteiger partial charge on any atom is 0.257 e. The number of anilines is 1. The molecule has 1 spiro atoms. The molecule has 2 saturated heterocycles.